The van der Waals surface area contributed by atoms with Crippen molar-refractivity contribution in [3.63, 3.8) is 0 Å². The summed E-state index contributed by atoms with van der Waals surface area (Å²) in [5.41, 5.74) is 1.60. The van der Waals surface area contributed by atoms with Crippen molar-refractivity contribution in [1.29, 1.82) is 0 Å². The number of halogens is 2. The number of nitrogens with zero attached hydrogens (tertiary/aromatic N) is 3. The molecular weight excluding hydrogens is 433 g/mol. The molecule has 0 aliphatic carbocycles. The van der Waals surface area contributed by atoms with Crippen molar-refractivity contribution in [2.45, 2.75) is 24.3 Å². The molecule has 0 aliphatic heterocycles. The van der Waals surface area contributed by atoms with Gasteiger partial charge in [-0.25, -0.2) is 4.68 Å². The first-order chi connectivity index (χ1) is 13.8. The van der Waals surface area contributed by atoms with Crippen LogP contribution in [0.25, 0.3) is 11.4 Å². The predicted octanol–water partition coefficient (Wildman–Crippen LogP) is 4.29. The van der Waals surface area contributed by atoms with Gasteiger partial charge in [-0.15, -0.1) is 10.2 Å². The zero-order chi connectivity index (χ0) is 21.1. The zero-order valence-electron chi connectivity index (χ0n) is 15.5. The van der Waals surface area contributed by atoms with Crippen LogP contribution in [0.3, 0.4) is 0 Å². The van der Waals surface area contributed by atoms with Crippen molar-refractivity contribution in [2.75, 3.05) is 11.2 Å². The molecule has 1 aromatic heterocycles. The summed E-state index contributed by atoms with van der Waals surface area (Å²) in [6, 6.07) is 11.7. The quantitative estimate of drug-likeness (QED) is 0.330. The molecule has 1 heterocycles. The lowest BCUT2D eigenvalue weighted by Gasteiger charge is -2.12. The lowest BCUT2D eigenvalue weighted by molar-refractivity contribution is -0.115. The molecule has 10 heteroatoms. The molecule has 2 aromatic carbocycles. The summed E-state index contributed by atoms with van der Waals surface area (Å²) in [6.07, 6.45) is 0. The van der Waals surface area contributed by atoms with Crippen LogP contribution in [-0.2, 0) is 4.79 Å². The van der Waals surface area contributed by atoms with E-state index >= 15 is 0 Å². The molecule has 0 radical (unpaired) electrons. The van der Waals surface area contributed by atoms with Crippen LogP contribution in [0.15, 0.2) is 47.6 Å². The third kappa shape index (κ3) is 4.90. The first kappa shape index (κ1) is 21.2. The van der Waals surface area contributed by atoms with Gasteiger partial charge >= 0.3 is 0 Å². The number of ketones is 1. The van der Waals surface area contributed by atoms with Crippen molar-refractivity contribution in [2.24, 2.45) is 0 Å². The van der Waals surface area contributed by atoms with E-state index in [0.717, 1.165) is 11.8 Å². The van der Waals surface area contributed by atoms with Gasteiger partial charge in [0.05, 0.1) is 10.3 Å². The van der Waals surface area contributed by atoms with Crippen LogP contribution >= 0.6 is 35.0 Å². The minimum Gasteiger partial charge on any atom is -0.335 e. The van der Waals surface area contributed by atoms with Crippen LogP contribution in [0.4, 0.5) is 5.69 Å². The monoisotopic (exact) mass is 449 g/mol. The van der Waals surface area contributed by atoms with Crippen LogP contribution in [0.5, 0.6) is 0 Å². The summed E-state index contributed by atoms with van der Waals surface area (Å²) in [5, 5.41) is 11.6. The molecule has 0 saturated heterocycles. The Balaban J connectivity index is 1.74. The molecule has 1 atom stereocenters. The highest BCUT2D eigenvalue weighted by atomic mass is 35.5. The topological polar surface area (TPSA) is 103 Å². The van der Waals surface area contributed by atoms with Gasteiger partial charge in [-0.3, -0.25) is 9.59 Å². The lowest BCUT2D eigenvalue weighted by atomic mass is 10.1. The number of carbonyl (C=O) groups is 2. The standard InChI is InChI=1S/C19H17Cl2N5O2S/c1-10(27)12-4-3-5-14(8-12)23-18(28)11(2)29-19-25-24-17(26(19)22)15-9-13(20)6-7-16(15)21/h3-9,11H,22H2,1-2H3,(H,23,28)/t11-/m1/s1. The number of nitrogen functional groups attached to an aromatic ring is 1. The van der Waals surface area contributed by atoms with E-state index in [4.69, 9.17) is 29.0 Å². The van der Waals surface area contributed by atoms with Gasteiger partial charge in [0.2, 0.25) is 11.1 Å². The number of benzene rings is 2. The van der Waals surface area contributed by atoms with Gasteiger partial charge in [0.25, 0.3) is 0 Å². The lowest BCUT2D eigenvalue weighted by Crippen LogP contribution is -2.23. The van der Waals surface area contributed by atoms with Gasteiger partial charge in [0, 0.05) is 21.8 Å². The zero-order valence-corrected chi connectivity index (χ0v) is 17.8. The largest absolute Gasteiger partial charge is 0.335 e. The molecule has 3 rings (SSSR count). The van der Waals surface area contributed by atoms with Crippen LogP contribution in [0.1, 0.15) is 24.2 Å². The molecule has 0 fully saturated rings. The number of nitrogens with two attached hydrogens (primary N) is 1. The molecule has 0 spiro atoms. The fourth-order valence-electron chi connectivity index (χ4n) is 2.48. The first-order valence-electron chi connectivity index (χ1n) is 8.50. The molecular formula is C19H17Cl2N5O2S. The number of anilines is 1. The van der Waals surface area contributed by atoms with Gasteiger partial charge in [0.1, 0.15) is 0 Å². The van der Waals surface area contributed by atoms with Crippen LogP contribution in [0.2, 0.25) is 10.0 Å². The highest BCUT2D eigenvalue weighted by molar-refractivity contribution is 8.00. The smallest absolute Gasteiger partial charge is 0.237 e. The Bertz CT molecular complexity index is 1090. The van der Waals surface area contributed by atoms with Crippen molar-refractivity contribution >= 4 is 52.3 Å². The Morgan fingerprint density at radius 1 is 1.17 bits per heavy atom. The summed E-state index contributed by atoms with van der Waals surface area (Å²) in [5.74, 6) is 6.10. The van der Waals surface area contributed by atoms with Crippen molar-refractivity contribution in [3.05, 3.63) is 58.1 Å². The van der Waals surface area contributed by atoms with Gasteiger partial charge in [-0.05, 0) is 44.2 Å². The van der Waals surface area contributed by atoms with E-state index in [1.54, 1.807) is 49.4 Å². The van der Waals surface area contributed by atoms with E-state index in [0.29, 0.717) is 37.8 Å². The maximum Gasteiger partial charge on any atom is 0.237 e. The SMILES string of the molecule is CC(=O)c1cccc(NC(=O)[C@@H](C)Sc2nnc(-c3cc(Cl)ccc3Cl)n2N)c1. The number of thioether (sulfide) groups is 1. The molecule has 3 aromatic rings. The molecule has 0 saturated carbocycles. The van der Waals surface area contributed by atoms with E-state index in [1.807, 2.05) is 0 Å². The van der Waals surface area contributed by atoms with E-state index in [-0.39, 0.29) is 11.7 Å². The van der Waals surface area contributed by atoms with E-state index in [2.05, 4.69) is 15.5 Å². The number of carbonyl (C=O) groups excluding carboxylic acids is 2. The fourth-order valence-corrected chi connectivity index (χ4v) is 3.63. The highest BCUT2D eigenvalue weighted by Gasteiger charge is 2.21. The van der Waals surface area contributed by atoms with Crippen LogP contribution < -0.4 is 11.2 Å². The van der Waals surface area contributed by atoms with Gasteiger partial charge in [-0.2, -0.15) is 0 Å². The molecule has 150 valence electrons. The minimum absolute atomic E-state index is 0.0769. The van der Waals surface area contributed by atoms with E-state index in [9.17, 15) is 9.59 Å². The van der Waals surface area contributed by atoms with Crippen molar-refractivity contribution in [3.8, 4) is 11.4 Å². The second-order valence-corrected chi connectivity index (χ2v) is 8.34. The van der Waals surface area contributed by atoms with Gasteiger partial charge in [0.15, 0.2) is 11.6 Å². The van der Waals surface area contributed by atoms with Crippen LogP contribution in [-0.4, -0.2) is 31.8 Å². The Hall–Kier alpha value is -2.55. The maximum absolute atomic E-state index is 12.5. The number of aromatic nitrogens is 3. The Kier molecular flexibility index (Phi) is 6.46. The third-order valence-corrected chi connectivity index (χ3v) is 5.64. The maximum atomic E-state index is 12.5. The molecule has 0 aliphatic rings. The summed E-state index contributed by atoms with van der Waals surface area (Å²) >= 11 is 13.4. The molecule has 7 nitrogen and oxygen atoms in total. The number of Topliss-reactive ketones (excluding diaryl/α,β-unsaturated/α-hetero) is 1. The second kappa shape index (κ2) is 8.86. The fraction of sp³-hybridized carbons (Fsp3) is 0.158. The summed E-state index contributed by atoms with van der Waals surface area (Å²) in [4.78, 5) is 24.0. The normalized spacial score (nSPS) is 11.9. The number of hydrogen-bond acceptors (Lipinski definition) is 6. The summed E-state index contributed by atoms with van der Waals surface area (Å²) in [7, 11) is 0. The average Bonchev–Trinajstić information content (AvgIpc) is 3.04. The summed E-state index contributed by atoms with van der Waals surface area (Å²) in [6.45, 7) is 3.19. The average molecular weight is 450 g/mol. The Labute approximate surface area is 181 Å². The molecule has 0 unspecified atom stereocenters. The molecule has 3 N–H and O–H groups in total. The van der Waals surface area contributed by atoms with Crippen molar-refractivity contribution < 1.29 is 9.59 Å². The van der Waals surface area contributed by atoms with Crippen molar-refractivity contribution in [1.82, 2.24) is 14.9 Å². The molecule has 1 amide bonds. The summed E-state index contributed by atoms with van der Waals surface area (Å²) < 4.78 is 1.27. The number of amides is 1. The first-order valence-corrected chi connectivity index (χ1v) is 10.1. The number of rotatable bonds is 6. The van der Waals surface area contributed by atoms with Gasteiger partial charge < -0.3 is 11.2 Å². The van der Waals surface area contributed by atoms with Crippen LogP contribution in [0, 0.1) is 0 Å². The predicted molar refractivity (Wildman–Crippen MR) is 116 cm³/mol. The highest BCUT2D eigenvalue weighted by Crippen LogP contribution is 2.31. The second-order valence-electron chi connectivity index (χ2n) is 6.19. The third-order valence-electron chi connectivity index (χ3n) is 4.02. The number of nitrogens with one attached hydrogen (secondary N) is 1. The molecule has 0 bridgehead atoms. The number of hydrogen-bond donors (Lipinski definition) is 2. The Morgan fingerprint density at radius 2 is 1.93 bits per heavy atom. The minimum atomic E-state index is -0.523. The van der Waals surface area contributed by atoms with E-state index in [1.165, 1.54) is 11.6 Å². The van der Waals surface area contributed by atoms with Gasteiger partial charge in [-0.1, -0.05) is 47.1 Å². The molecule has 29 heavy (non-hydrogen) atoms. The van der Waals surface area contributed by atoms with E-state index < -0.39 is 5.25 Å². The Morgan fingerprint density at radius 3 is 2.66 bits per heavy atom.